The lowest BCUT2D eigenvalue weighted by Crippen LogP contribution is -2.33. The maximum Gasteiger partial charge on any atom is 0.263 e. The van der Waals surface area contributed by atoms with Crippen molar-refractivity contribution in [1.82, 2.24) is 14.5 Å². The van der Waals surface area contributed by atoms with Crippen LogP contribution in [0.4, 0.5) is 0 Å². The number of aromatic nitrogens is 3. The molecule has 0 bridgehead atoms. The van der Waals surface area contributed by atoms with Crippen LogP contribution < -0.4 is 5.56 Å². The number of pyridine rings is 1. The molecular formula is C13H15N3O3. The van der Waals surface area contributed by atoms with Crippen molar-refractivity contribution >= 4 is 11.0 Å². The Bertz CT molecular complexity index is 640. The van der Waals surface area contributed by atoms with Gasteiger partial charge in [0.15, 0.2) is 5.65 Å². The van der Waals surface area contributed by atoms with Gasteiger partial charge in [-0.25, -0.2) is 9.97 Å². The van der Waals surface area contributed by atoms with Crippen LogP contribution in [0.5, 0.6) is 0 Å². The molecule has 1 fully saturated rings. The van der Waals surface area contributed by atoms with Crippen molar-refractivity contribution in [2.75, 3.05) is 19.8 Å². The molecule has 0 unspecified atom stereocenters. The Hall–Kier alpha value is -1.79. The second-order valence-corrected chi connectivity index (χ2v) is 4.43. The summed E-state index contributed by atoms with van der Waals surface area (Å²) in [5.74, 6) is 0. The minimum atomic E-state index is -0.121. The monoisotopic (exact) mass is 261 g/mol. The van der Waals surface area contributed by atoms with E-state index in [1.54, 1.807) is 22.9 Å². The number of hydrogen-bond donors (Lipinski definition) is 0. The quantitative estimate of drug-likeness (QED) is 0.816. The number of nitrogens with zero attached hydrogens (tertiary/aromatic N) is 3. The molecule has 0 N–H and O–H groups in total. The lowest BCUT2D eigenvalue weighted by Gasteiger charge is -2.19. The van der Waals surface area contributed by atoms with Gasteiger partial charge in [-0.1, -0.05) is 0 Å². The normalized spacial score (nSPS) is 23.0. The summed E-state index contributed by atoms with van der Waals surface area (Å²) in [4.78, 5) is 20.7. The van der Waals surface area contributed by atoms with Crippen LogP contribution in [0.25, 0.3) is 11.0 Å². The summed E-state index contributed by atoms with van der Waals surface area (Å²) in [5, 5.41) is 0.521. The molecule has 2 aromatic rings. The van der Waals surface area contributed by atoms with Gasteiger partial charge in [0.25, 0.3) is 5.56 Å². The predicted molar refractivity (Wildman–Crippen MR) is 69.1 cm³/mol. The molecule has 0 saturated carbocycles. The van der Waals surface area contributed by atoms with Crippen molar-refractivity contribution in [1.29, 1.82) is 0 Å². The van der Waals surface area contributed by atoms with Crippen LogP contribution in [-0.4, -0.2) is 40.5 Å². The highest BCUT2D eigenvalue weighted by Crippen LogP contribution is 2.21. The van der Waals surface area contributed by atoms with E-state index in [-0.39, 0.29) is 17.7 Å². The molecule has 0 spiro atoms. The van der Waals surface area contributed by atoms with Gasteiger partial charge in [0.2, 0.25) is 0 Å². The van der Waals surface area contributed by atoms with E-state index in [9.17, 15) is 4.79 Å². The van der Waals surface area contributed by atoms with Crippen molar-refractivity contribution in [3.63, 3.8) is 0 Å². The van der Waals surface area contributed by atoms with Crippen LogP contribution in [0.15, 0.2) is 29.5 Å². The number of fused-ring (bicyclic) bond motifs is 1. The molecular weight excluding hydrogens is 246 g/mol. The molecule has 1 aliphatic rings. The summed E-state index contributed by atoms with van der Waals surface area (Å²) in [6, 6.07) is 3.35. The highest BCUT2D eigenvalue weighted by molar-refractivity contribution is 5.72. The van der Waals surface area contributed by atoms with Gasteiger partial charge in [-0.05, 0) is 19.1 Å². The maximum absolute atomic E-state index is 12.4. The fraction of sp³-hybridized carbons (Fsp3) is 0.462. The average Bonchev–Trinajstić information content (AvgIpc) is 2.88. The third-order valence-corrected chi connectivity index (χ3v) is 3.29. The first kappa shape index (κ1) is 12.3. The zero-order chi connectivity index (χ0) is 13.2. The first-order valence-electron chi connectivity index (χ1n) is 6.32. The molecule has 1 aliphatic heterocycles. The minimum Gasteiger partial charge on any atom is -0.376 e. The van der Waals surface area contributed by atoms with Gasteiger partial charge in [0.05, 0.1) is 24.6 Å². The largest absolute Gasteiger partial charge is 0.376 e. The number of rotatable bonds is 3. The van der Waals surface area contributed by atoms with Crippen LogP contribution in [0.1, 0.15) is 13.0 Å². The topological polar surface area (TPSA) is 66.2 Å². The fourth-order valence-electron chi connectivity index (χ4n) is 2.37. The zero-order valence-corrected chi connectivity index (χ0v) is 10.7. The summed E-state index contributed by atoms with van der Waals surface area (Å²) in [5.41, 5.74) is 0.369. The average molecular weight is 261 g/mol. The summed E-state index contributed by atoms with van der Waals surface area (Å²) in [6.45, 7) is 3.51. The Balaban J connectivity index is 2.05. The molecule has 1 saturated heterocycles. The van der Waals surface area contributed by atoms with Gasteiger partial charge in [-0.2, -0.15) is 0 Å². The lowest BCUT2D eigenvalue weighted by molar-refractivity contribution is 0.0356. The van der Waals surface area contributed by atoms with Gasteiger partial charge in [-0.15, -0.1) is 0 Å². The highest BCUT2D eigenvalue weighted by Gasteiger charge is 2.31. The van der Waals surface area contributed by atoms with Gasteiger partial charge in [0.1, 0.15) is 12.4 Å². The van der Waals surface area contributed by atoms with Crippen molar-refractivity contribution in [3.8, 4) is 0 Å². The molecule has 0 aliphatic carbocycles. The van der Waals surface area contributed by atoms with Crippen molar-refractivity contribution < 1.29 is 9.47 Å². The molecule has 6 heteroatoms. The van der Waals surface area contributed by atoms with Crippen LogP contribution in [0, 0.1) is 0 Å². The second-order valence-electron chi connectivity index (χ2n) is 4.43. The Labute approximate surface area is 110 Å². The first-order valence-corrected chi connectivity index (χ1v) is 6.32. The van der Waals surface area contributed by atoms with Gasteiger partial charge < -0.3 is 9.47 Å². The molecule has 2 aromatic heterocycles. The summed E-state index contributed by atoms with van der Waals surface area (Å²) in [6.07, 6.45) is 3.06. The number of hydrogen-bond acceptors (Lipinski definition) is 5. The molecule has 100 valence electrons. The SMILES string of the molecule is CCO[C@H]1COC[C@@H]1n1cnc2ncccc2c1=O. The Morgan fingerprint density at radius 3 is 3.21 bits per heavy atom. The van der Waals surface area contributed by atoms with Crippen LogP contribution in [-0.2, 0) is 9.47 Å². The molecule has 6 nitrogen and oxygen atoms in total. The number of ether oxygens (including phenoxy) is 2. The van der Waals surface area contributed by atoms with Crippen molar-refractivity contribution in [2.45, 2.75) is 19.1 Å². The summed E-state index contributed by atoms with van der Waals surface area (Å²) < 4.78 is 12.6. The molecule has 3 rings (SSSR count). The lowest BCUT2D eigenvalue weighted by atomic mass is 10.2. The summed E-state index contributed by atoms with van der Waals surface area (Å²) >= 11 is 0. The van der Waals surface area contributed by atoms with E-state index in [0.29, 0.717) is 30.9 Å². The van der Waals surface area contributed by atoms with E-state index in [0.717, 1.165) is 0 Å². The van der Waals surface area contributed by atoms with Crippen LogP contribution >= 0.6 is 0 Å². The Morgan fingerprint density at radius 2 is 2.37 bits per heavy atom. The molecule has 0 amide bonds. The van der Waals surface area contributed by atoms with E-state index >= 15 is 0 Å². The van der Waals surface area contributed by atoms with Crippen molar-refractivity contribution in [3.05, 3.63) is 35.0 Å². The zero-order valence-electron chi connectivity index (χ0n) is 10.7. The van der Waals surface area contributed by atoms with E-state index in [1.807, 2.05) is 6.92 Å². The standard InChI is InChI=1S/C13H15N3O3/c1-2-19-11-7-18-6-10(11)16-8-15-12-9(13(16)17)4-3-5-14-12/h3-5,8,10-11H,2,6-7H2,1H3/t10-,11-/m0/s1. The Kier molecular flexibility index (Phi) is 3.27. The Morgan fingerprint density at radius 1 is 1.47 bits per heavy atom. The predicted octanol–water partition coefficient (Wildman–Crippen LogP) is 0.768. The van der Waals surface area contributed by atoms with Crippen molar-refractivity contribution in [2.24, 2.45) is 0 Å². The smallest absolute Gasteiger partial charge is 0.263 e. The van der Waals surface area contributed by atoms with Gasteiger partial charge in [0, 0.05) is 12.8 Å². The maximum atomic E-state index is 12.4. The molecule has 19 heavy (non-hydrogen) atoms. The second kappa shape index (κ2) is 5.07. The van der Waals surface area contributed by atoms with E-state index in [2.05, 4.69) is 9.97 Å². The van der Waals surface area contributed by atoms with Gasteiger partial charge in [-0.3, -0.25) is 9.36 Å². The van der Waals surface area contributed by atoms with Crippen LogP contribution in [0.3, 0.4) is 0 Å². The molecule has 0 radical (unpaired) electrons. The third kappa shape index (κ3) is 2.13. The highest BCUT2D eigenvalue weighted by atomic mass is 16.5. The van der Waals surface area contributed by atoms with E-state index in [4.69, 9.17) is 9.47 Å². The minimum absolute atomic E-state index is 0.0985. The first-order chi connectivity index (χ1) is 9.31. The summed E-state index contributed by atoms with van der Waals surface area (Å²) in [7, 11) is 0. The molecule has 3 heterocycles. The molecule has 2 atom stereocenters. The fourth-order valence-corrected chi connectivity index (χ4v) is 2.37. The van der Waals surface area contributed by atoms with E-state index < -0.39 is 0 Å². The van der Waals surface area contributed by atoms with Crippen LogP contribution in [0.2, 0.25) is 0 Å². The van der Waals surface area contributed by atoms with Gasteiger partial charge >= 0.3 is 0 Å². The molecule has 0 aromatic carbocycles. The third-order valence-electron chi connectivity index (χ3n) is 3.29. The van der Waals surface area contributed by atoms with E-state index in [1.165, 1.54) is 6.33 Å².